The van der Waals surface area contributed by atoms with Crippen LogP contribution in [0.3, 0.4) is 0 Å². The highest BCUT2D eigenvalue weighted by molar-refractivity contribution is 5.72. The van der Waals surface area contributed by atoms with Crippen molar-refractivity contribution in [2.75, 3.05) is 32.8 Å². The van der Waals surface area contributed by atoms with Crippen molar-refractivity contribution in [3.8, 4) is 17.6 Å². The lowest BCUT2D eigenvalue weighted by atomic mass is 9.92. The third-order valence-electron chi connectivity index (χ3n) is 6.13. The molecular weight excluding hydrogens is 456 g/mol. The Hall–Kier alpha value is -3.93. The summed E-state index contributed by atoms with van der Waals surface area (Å²) in [7, 11) is 0. The second kappa shape index (κ2) is 12.2. The minimum absolute atomic E-state index is 0.187. The Labute approximate surface area is 210 Å². The van der Waals surface area contributed by atoms with Crippen LogP contribution in [0.2, 0.25) is 0 Å². The van der Waals surface area contributed by atoms with Crippen molar-refractivity contribution < 1.29 is 14.6 Å². The molecule has 0 saturated carbocycles. The summed E-state index contributed by atoms with van der Waals surface area (Å²) >= 11 is 0. The van der Waals surface area contributed by atoms with Gasteiger partial charge in [0.2, 0.25) is 5.91 Å². The SMILES string of the molecule is CC(=O)NCC(Cc1ccc(C#Cc2ccc(CN3CCOCC3)cc2)cc1)c1c(O)cn[nH]c1=O. The number of carbonyl (C=O) groups is 1. The number of nitrogens with one attached hydrogen (secondary N) is 2. The van der Waals surface area contributed by atoms with Gasteiger partial charge in [-0.05, 0) is 41.8 Å². The van der Waals surface area contributed by atoms with Crippen molar-refractivity contribution in [2.45, 2.75) is 25.8 Å². The first-order valence-corrected chi connectivity index (χ1v) is 12.0. The smallest absolute Gasteiger partial charge is 0.271 e. The number of rotatable bonds is 7. The lowest BCUT2D eigenvalue weighted by molar-refractivity contribution is -0.119. The average molecular weight is 487 g/mol. The minimum Gasteiger partial charge on any atom is -0.506 e. The van der Waals surface area contributed by atoms with Crippen LogP contribution in [-0.2, 0) is 22.5 Å². The van der Waals surface area contributed by atoms with E-state index in [0.717, 1.165) is 49.5 Å². The van der Waals surface area contributed by atoms with Crippen molar-refractivity contribution in [3.63, 3.8) is 0 Å². The van der Waals surface area contributed by atoms with Crippen LogP contribution in [-0.4, -0.2) is 59.0 Å². The molecular formula is C28H30N4O4. The molecule has 1 saturated heterocycles. The van der Waals surface area contributed by atoms with E-state index in [-0.39, 0.29) is 23.8 Å². The molecule has 8 heteroatoms. The van der Waals surface area contributed by atoms with Gasteiger partial charge in [0.05, 0.1) is 25.0 Å². The molecule has 0 aliphatic carbocycles. The van der Waals surface area contributed by atoms with Gasteiger partial charge in [0.15, 0.2) is 0 Å². The predicted octanol–water partition coefficient (Wildman–Crippen LogP) is 2.17. The van der Waals surface area contributed by atoms with Crippen molar-refractivity contribution in [2.24, 2.45) is 0 Å². The van der Waals surface area contributed by atoms with Crippen LogP contribution in [0.15, 0.2) is 59.5 Å². The largest absolute Gasteiger partial charge is 0.506 e. The molecule has 1 aromatic heterocycles. The Morgan fingerprint density at radius 2 is 1.69 bits per heavy atom. The quantitative estimate of drug-likeness (QED) is 0.442. The standard InChI is InChI=1S/C28H30N4O4/c1-20(33)29-17-25(27-26(34)18-30-31-28(27)35)16-23-8-4-21(5-9-23)2-3-22-6-10-24(11-7-22)19-32-12-14-36-15-13-32/h4-11,18,25H,12-17,19H2,1H3,(H,29,33)(H2,31,34,35). The summed E-state index contributed by atoms with van der Waals surface area (Å²) in [6.07, 6.45) is 1.66. The lowest BCUT2D eigenvalue weighted by Gasteiger charge is -2.26. The molecule has 0 spiro atoms. The Morgan fingerprint density at radius 3 is 2.28 bits per heavy atom. The number of benzene rings is 2. The Bertz CT molecular complexity index is 1280. The third-order valence-corrected chi connectivity index (χ3v) is 6.13. The van der Waals surface area contributed by atoms with Gasteiger partial charge in [-0.25, -0.2) is 5.10 Å². The van der Waals surface area contributed by atoms with Crippen LogP contribution in [0, 0.1) is 11.8 Å². The molecule has 1 atom stereocenters. The molecule has 3 N–H and O–H groups in total. The first-order chi connectivity index (χ1) is 17.5. The number of H-pyrrole nitrogens is 1. The zero-order chi connectivity index (χ0) is 25.3. The maximum absolute atomic E-state index is 12.3. The monoisotopic (exact) mass is 486 g/mol. The van der Waals surface area contributed by atoms with Crippen molar-refractivity contribution in [1.29, 1.82) is 0 Å². The summed E-state index contributed by atoms with van der Waals surface area (Å²) in [5.41, 5.74) is 3.79. The molecule has 3 aromatic rings. The fraction of sp³-hybridized carbons (Fsp3) is 0.321. The van der Waals surface area contributed by atoms with Gasteiger partial charge in [-0.1, -0.05) is 36.1 Å². The molecule has 1 fully saturated rings. The van der Waals surface area contributed by atoms with Gasteiger partial charge < -0.3 is 15.2 Å². The normalized spacial score (nSPS) is 14.5. The van der Waals surface area contributed by atoms with Crippen molar-refractivity contribution >= 4 is 5.91 Å². The molecule has 2 aromatic carbocycles. The molecule has 1 aliphatic heterocycles. The van der Waals surface area contributed by atoms with Crippen molar-refractivity contribution in [3.05, 3.63) is 92.9 Å². The van der Waals surface area contributed by atoms with Gasteiger partial charge in [-0.2, -0.15) is 5.10 Å². The van der Waals surface area contributed by atoms with Gasteiger partial charge in [0.1, 0.15) is 5.75 Å². The average Bonchev–Trinajstić information content (AvgIpc) is 2.88. The number of aromatic amines is 1. The van der Waals surface area contributed by atoms with E-state index in [9.17, 15) is 14.7 Å². The molecule has 36 heavy (non-hydrogen) atoms. The number of carbonyl (C=O) groups excluding carboxylic acids is 1. The topological polar surface area (TPSA) is 108 Å². The highest BCUT2D eigenvalue weighted by atomic mass is 16.5. The fourth-order valence-electron chi connectivity index (χ4n) is 4.20. The maximum Gasteiger partial charge on any atom is 0.271 e. The first kappa shape index (κ1) is 25.2. The number of hydrogen-bond acceptors (Lipinski definition) is 6. The van der Waals surface area contributed by atoms with Crippen LogP contribution in [0.5, 0.6) is 5.75 Å². The molecule has 1 aliphatic rings. The van der Waals surface area contributed by atoms with E-state index in [2.05, 4.69) is 44.4 Å². The van der Waals surface area contributed by atoms with E-state index in [4.69, 9.17) is 4.74 Å². The summed E-state index contributed by atoms with van der Waals surface area (Å²) in [4.78, 5) is 26.1. The minimum atomic E-state index is -0.469. The summed E-state index contributed by atoms with van der Waals surface area (Å²) in [5.74, 6) is 5.60. The molecule has 1 amide bonds. The Balaban J connectivity index is 1.41. The van der Waals surface area contributed by atoms with E-state index < -0.39 is 11.5 Å². The van der Waals surface area contributed by atoms with Gasteiger partial charge in [-0.15, -0.1) is 0 Å². The Kier molecular flexibility index (Phi) is 8.50. The van der Waals surface area contributed by atoms with E-state index in [1.807, 2.05) is 36.4 Å². The van der Waals surface area contributed by atoms with Gasteiger partial charge >= 0.3 is 0 Å². The summed E-state index contributed by atoms with van der Waals surface area (Å²) in [5, 5.41) is 18.9. The number of hydrogen-bond donors (Lipinski definition) is 3. The van der Waals surface area contributed by atoms with Crippen LogP contribution < -0.4 is 10.9 Å². The van der Waals surface area contributed by atoms with Crippen LogP contribution in [0.25, 0.3) is 0 Å². The lowest BCUT2D eigenvalue weighted by Crippen LogP contribution is -2.35. The highest BCUT2D eigenvalue weighted by Crippen LogP contribution is 2.24. The van der Waals surface area contributed by atoms with E-state index in [1.165, 1.54) is 18.7 Å². The summed E-state index contributed by atoms with van der Waals surface area (Å²) < 4.78 is 5.40. The molecule has 4 rings (SSSR count). The number of amides is 1. The summed E-state index contributed by atoms with van der Waals surface area (Å²) in [6.45, 7) is 6.08. The second-order valence-electron chi connectivity index (χ2n) is 8.87. The molecule has 0 radical (unpaired) electrons. The number of aromatic hydroxyl groups is 1. The highest BCUT2D eigenvalue weighted by Gasteiger charge is 2.20. The molecule has 2 heterocycles. The zero-order valence-corrected chi connectivity index (χ0v) is 20.3. The number of aromatic nitrogens is 2. The van der Waals surface area contributed by atoms with Gasteiger partial charge in [0.25, 0.3) is 5.56 Å². The van der Waals surface area contributed by atoms with Crippen LogP contribution in [0.4, 0.5) is 0 Å². The third kappa shape index (κ3) is 7.04. The molecule has 1 unspecified atom stereocenters. The molecule has 186 valence electrons. The molecule has 0 bridgehead atoms. The van der Waals surface area contributed by atoms with E-state index in [1.54, 1.807) is 0 Å². The van der Waals surface area contributed by atoms with Gasteiger partial charge in [0, 0.05) is 50.1 Å². The number of morpholine rings is 1. The van der Waals surface area contributed by atoms with Crippen LogP contribution >= 0.6 is 0 Å². The summed E-state index contributed by atoms with van der Waals surface area (Å²) in [6, 6.07) is 16.1. The second-order valence-corrected chi connectivity index (χ2v) is 8.87. The van der Waals surface area contributed by atoms with Crippen molar-refractivity contribution in [1.82, 2.24) is 20.4 Å². The number of ether oxygens (including phenoxy) is 1. The maximum atomic E-state index is 12.3. The Morgan fingerprint density at radius 1 is 1.08 bits per heavy atom. The zero-order valence-electron chi connectivity index (χ0n) is 20.3. The molecule has 8 nitrogen and oxygen atoms in total. The van der Waals surface area contributed by atoms with Gasteiger partial charge in [-0.3, -0.25) is 14.5 Å². The van der Waals surface area contributed by atoms with E-state index >= 15 is 0 Å². The predicted molar refractivity (Wildman–Crippen MR) is 137 cm³/mol. The fourth-order valence-corrected chi connectivity index (χ4v) is 4.20. The van der Waals surface area contributed by atoms with Crippen LogP contribution in [0.1, 0.15) is 40.7 Å². The number of nitrogens with zero attached hydrogens (tertiary/aromatic N) is 2. The first-order valence-electron chi connectivity index (χ1n) is 12.0. The van der Waals surface area contributed by atoms with E-state index in [0.29, 0.717) is 6.42 Å².